The third-order valence-electron chi connectivity index (χ3n) is 3.86. The average molecular weight is 333 g/mol. The summed E-state index contributed by atoms with van der Waals surface area (Å²) < 4.78 is 2.04. The Balaban J connectivity index is 1.73. The van der Waals surface area contributed by atoms with Crippen molar-refractivity contribution in [2.75, 3.05) is 19.0 Å². The predicted molar refractivity (Wildman–Crippen MR) is 101 cm³/mol. The summed E-state index contributed by atoms with van der Waals surface area (Å²) in [6.45, 7) is 0. The van der Waals surface area contributed by atoms with Gasteiger partial charge in [0.25, 0.3) is 0 Å². The number of aromatic carboxylic acids is 1. The van der Waals surface area contributed by atoms with Gasteiger partial charge < -0.3 is 14.6 Å². The molecule has 1 heterocycles. The number of anilines is 1. The molecule has 0 fully saturated rings. The van der Waals surface area contributed by atoms with Crippen molar-refractivity contribution in [2.24, 2.45) is 4.99 Å². The summed E-state index contributed by atoms with van der Waals surface area (Å²) in [6.07, 6.45) is 5.75. The molecule has 1 N–H and O–H groups in total. The molecule has 5 heteroatoms. The van der Waals surface area contributed by atoms with Crippen LogP contribution >= 0.6 is 0 Å². The average Bonchev–Trinajstić information content (AvgIpc) is 3.09. The first-order chi connectivity index (χ1) is 12.0. The Morgan fingerprint density at radius 1 is 1.04 bits per heavy atom. The second kappa shape index (κ2) is 7.05. The summed E-state index contributed by atoms with van der Waals surface area (Å²) >= 11 is 0. The molecule has 25 heavy (non-hydrogen) atoms. The van der Waals surface area contributed by atoms with Crippen molar-refractivity contribution in [1.29, 1.82) is 0 Å². The van der Waals surface area contributed by atoms with Gasteiger partial charge in [0.05, 0.1) is 11.3 Å². The summed E-state index contributed by atoms with van der Waals surface area (Å²) in [4.78, 5) is 17.3. The smallest absolute Gasteiger partial charge is 0.335 e. The zero-order valence-electron chi connectivity index (χ0n) is 14.1. The predicted octanol–water partition coefficient (Wildman–Crippen LogP) is 3.99. The topological polar surface area (TPSA) is 57.8 Å². The van der Waals surface area contributed by atoms with Gasteiger partial charge in [-0.05, 0) is 54.6 Å². The van der Waals surface area contributed by atoms with Gasteiger partial charge in [0.2, 0.25) is 0 Å². The van der Waals surface area contributed by atoms with Crippen LogP contribution in [0.1, 0.15) is 15.9 Å². The van der Waals surface area contributed by atoms with Crippen LogP contribution in [0.3, 0.4) is 0 Å². The fourth-order valence-corrected chi connectivity index (χ4v) is 2.41. The number of hydrogen-bond donors (Lipinski definition) is 1. The van der Waals surface area contributed by atoms with Crippen LogP contribution in [0.2, 0.25) is 0 Å². The molecule has 2 aromatic carbocycles. The van der Waals surface area contributed by atoms with Crippen LogP contribution < -0.4 is 4.90 Å². The largest absolute Gasteiger partial charge is 0.478 e. The van der Waals surface area contributed by atoms with Gasteiger partial charge in [-0.25, -0.2) is 4.79 Å². The SMILES string of the molecule is CN(C)c1ccc(-n2ccc(C=Nc3ccc(C(=O)O)cc3)c2)cc1. The van der Waals surface area contributed by atoms with Crippen molar-refractivity contribution in [3.05, 3.63) is 78.1 Å². The van der Waals surface area contributed by atoms with Crippen molar-refractivity contribution in [3.8, 4) is 5.69 Å². The zero-order chi connectivity index (χ0) is 17.8. The van der Waals surface area contributed by atoms with E-state index in [1.54, 1.807) is 30.5 Å². The molecular weight excluding hydrogens is 314 g/mol. The molecule has 0 bridgehead atoms. The van der Waals surface area contributed by atoms with E-state index < -0.39 is 5.97 Å². The number of rotatable bonds is 5. The lowest BCUT2D eigenvalue weighted by molar-refractivity contribution is 0.0697. The van der Waals surface area contributed by atoms with Crippen LogP contribution in [0.25, 0.3) is 5.69 Å². The molecule has 0 amide bonds. The van der Waals surface area contributed by atoms with E-state index >= 15 is 0 Å². The summed E-state index contributed by atoms with van der Waals surface area (Å²) in [5.41, 5.74) is 4.18. The Kier molecular flexibility index (Phi) is 4.66. The molecule has 0 aliphatic rings. The normalized spacial score (nSPS) is 11.0. The summed E-state index contributed by atoms with van der Waals surface area (Å²) in [7, 11) is 4.03. The van der Waals surface area contributed by atoms with Gasteiger partial charge in [-0.15, -0.1) is 0 Å². The van der Waals surface area contributed by atoms with E-state index in [0.717, 1.165) is 16.9 Å². The third kappa shape index (κ3) is 3.95. The molecule has 0 saturated heterocycles. The van der Waals surface area contributed by atoms with E-state index in [2.05, 4.69) is 34.2 Å². The lowest BCUT2D eigenvalue weighted by Crippen LogP contribution is -2.08. The lowest BCUT2D eigenvalue weighted by Gasteiger charge is -2.12. The summed E-state index contributed by atoms with van der Waals surface area (Å²) in [5, 5.41) is 8.90. The number of carboxylic acid groups (broad SMARTS) is 1. The highest BCUT2D eigenvalue weighted by Crippen LogP contribution is 2.17. The maximum Gasteiger partial charge on any atom is 0.335 e. The molecule has 0 saturated carbocycles. The number of carboxylic acids is 1. The molecule has 5 nitrogen and oxygen atoms in total. The van der Waals surface area contributed by atoms with Crippen molar-refractivity contribution in [2.45, 2.75) is 0 Å². The summed E-state index contributed by atoms with van der Waals surface area (Å²) in [6, 6.07) is 16.8. The minimum absolute atomic E-state index is 0.256. The lowest BCUT2D eigenvalue weighted by atomic mass is 10.2. The third-order valence-corrected chi connectivity index (χ3v) is 3.86. The van der Waals surface area contributed by atoms with Crippen molar-refractivity contribution in [3.63, 3.8) is 0 Å². The van der Waals surface area contributed by atoms with Gasteiger partial charge in [0.1, 0.15) is 0 Å². The van der Waals surface area contributed by atoms with Gasteiger partial charge in [0.15, 0.2) is 0 Å². The van der Waals surface area contributed by atoms with Crippen LogP contribution in [-0.2, 0) is 0 Å². The van der Waals surface area contributed by atoms with Crippen LogP contribution in [0.4, 0.5) is 11.4 Å². The van der Waals surface area contributed by atoms with Crippen molar-refractivity contribution in [1.82, 2.24) is 4.57 Å². The number of carbonyl (C=O) groups is 1. The van der Waals surface area contributed by atoms with E-state index in [4.69, 9.17) is 5.11 Å². The number of aromatic nitrogens is 1. The molecule has 0 atom stereocenters. The highest BCUT2D eigenvalue weighted by Gasteiger charge is 2.02. The molecule has 0 spiro atoms. The molecular formula is C20H19N3O2. The summed E-state index contributed by atoms with van der Waals surface area (Å²) in [5.74, 6) is -0.937. The Hall–Kier alpha value is -3.34. The first-order valence-corrected chi connectivity index (χ1v) is 7.86. The first-order valence-electron chi connectivity index (χ1n) is 7.86. The van der Waals surface area contributed by atoms with Crippen LogP contribution in [-0.4, -0.2) is 36.0 Å². The van der Waals surface area contributed by atoms with E-state index in [1.165, 1.54) is 0 Å². The van der Waals surface area contributed by atoms with Gasteiger partial charge in [-0.2, -0.15) is 0 Å². The van der Waals surface area contributed by atoms with Gasteiger partial charge in [-0.3, -0.25) is 4.99 Å². The second-order valence-corrected chi connectivity index (χ2v) is 5.87. The van der Waals surface area contributed by atoms with E-state index in [-0.39, 0.29) is 5.56 Å². The zero-order valence-corrected chi connectivity index (χ0v) is 14.1. The molecule has 0 aliphatic heterocycles. The second-order valence-electron chi connectivity index (χ2n) is 5.87. The van der Waals surface area contributed by atoms with E-state index in [0.29, 0.717) is 5.69 Å². The number of benzene rings is 2. The molecule has 3 aromatic rings. The fourth-order valence-electron chi connectivity index (χ4n) is 2.41. The van der Waals surface area contributed by atoms with Crippen LogP contribution in [0, 0.1) is 0 Å². The quantitative estimate of drug-likeness (QED) is 0.718. The maximum atomic E-state index is 10.8. The highest BCUT2D eigenvalue weighted by molar-refractivity contribution is 5.88. The molecule has 0 unspecified atom stereocenters. The minimum Gasteiger partial charge on any atom is -0.478 e. The first kappa shape index (κ1) is 16.5. The molecule has 1 aromatic heterocycles. The Labute approximate surface area is 146 Å². The number of hydrogen-bond acceptors (Lipinski definition) is 3. The van der Waals surface area contributed by atoms with Crippen LogP contribution in [0.5, 0.6) is 0 Å². The standard InChI is InChI=1S/C20H19N3O2/c1-22(2)18-7-9-19(10-8-18)23-12-11-15(14-23)13-21-17-5-3-16(4-6-17)20(24)25/h3-14H,1-2H3,(H,24,25). The van der Waals surface area contributed by atoms with E-state index in [9.17, 15) is 4.79 Å². The molecule has 126 valence electrons. The Morgan fingerprint density at radius 2 is 1.72 bits per heavy atom. The monoisotopic (exact) mass is 333 g/mol. The molecule has 0 radical (unpaired) electrons. The van der Waals surface area contributed by atoms with Gasteiger partial charge >= 0.3 is 5.97 Å². The Bertz CT molecular complexity index is 891. The van der Waals surface area contributed by atoms with Gasteiger partial charge in [0, 0.05) is 49.6 Å². The Morgan fingerprint density at radius 3 is 2.32 bits per heavy atom. The van der Waals surface area contributed by atoms with Crippen molar-refractivity contribution >= 4 is 23.6 Å². The molecule has 0 aliphatic carbocycles. The fraction of sp³-hybridized carbons (Fsp3) is 0.100. The van der Waals surface area contributed by atoms with E-state index in [1.807, 2.05) is 37.1 Å². The molecule has 3 rings (SSSR count). The maximum absolute atomic E-state index is 10.8. The van der Waals surface area contributed by atoms with Gasteiger partial charge in [-0.1, -0.05) is 0 Å². The minimum atomic E-state index is -0.937. The number of aliphatic imine (C=N–C) groups is 1. The highest BCUT2D eigenvalue weighted by atomic mass is 16.4. The van der Waals surface area contributed by atoms with Crippen LogP contribution in [0.15, 0.2) is 72.0 Å². The number of nitrogens with zero attached hydrogens (tertiary/aromatic N) is 3. The van der Waals surface area contributed by atoms with Crippen molar-refractivity contribution < 1.29 is 9.90 Å².